The van der Waals surface area contributed by atoms with Gasteiger partial charge < -0.3 is 4.90 Å². The van der Waals surface area contributed by atoms with Gasteiger partial charge in [-0.25, -0.2) is 0 Å². The summed E-state index contributed by atoms with van der Waals surface area (Å²) in [5.41, 5.74) is 6.71. The summed E-state index contributed by atoms with van der Waals surface area (Å²) in [5, 5.41) is 0. The predicted octanol–water partition coefficient (Wildman–Crippen LogP) is 10.4. The molecule has 0 saturated carbocycles. The van der Waals surface area contributed by atoms with Crippen LogP contribution in [0.1, 0.15) is 91.2 Å². The van der Waals surface area contributed by atoms with Gasteiger partial charge >= 0.3 is 0 Å². The second-order valence-corrected chi connectivity index (χ2v) is 11.4. The van der Waals surface area contributed by atoms with E-state index in [1.165, 1.54) is 61.0 Å². The Hall–Kier alpha value is -2.19. The minimum absolute atomic E-state index is 0.193. The molecule has 0 aliphatic carbocycles. The first kappa shape index (κ1) is 26.4. The van der Waals surface area contributed by atoms with Crippen molar-refractivity contribution in [3.8, 4) is 0 Å². The Kier molecular flexibility index (Phi) is 8.93. The molecule has 0 amide bonds. The van der Waals surface area contributed by atoms with Crippen LogP contribution >= 0.6 is 12.6 Å². The predicted molar refractivity (Wildman–Crippen MR) is 153 cm³/mol. The molecular formula is C32H43NS. The monoisotopic (exact) mass is 473 g/mol. The van der Waals surface area contributed by atoms with E-state index in [0.717, 1.165) is 10.6 Å². The standard InChI is InChI=1S/C32H43NS/c1-7-9-23-31(3,4)25-11-15-27(16-12-25)33(29-19-21-30(34)22-20-29)28-17-13-26(14-18-28)32(5,6)24-10-8-2/h11-22,34H,7-10,23-24H2,1-6H3. The van der Waals surface area contributed by atoms with Gasteiger partial charge in [0.05, 0.1) is 0 Å². The van der Waals surface area contributed by atoms with Crippen LogP contribution in [-0.2, 0) is 10.8 Å². The van der Waals surface area contributed by atoms with Gasteiger partial charge in [-0.3, -0.25) is 0 Å². The molecule has 0 heterocycles. The topological polar surface area (TPSA) is 3.24 Å². The zero-order valence-corrected chi connectivity index (χ0v) is 23.0. The van der Waals surface area contributed by atoms with Gasteiger partial charge in [-0.2, -0.15) is 0 Å². The van der Waals surface area contributed by atoms with Crippen molar-refractivity contribution in [3.05, 3.63) is 83.9 Å². The van der Waals surface area contributed by atoms with Gasteiger partial charge in [0.15, 0.2) is 0 Å². The van der Waals surface area contributed by atoms with E-state index in [2.05, 4.69) is 132 Å². The van der Waals surface area contributed by atoms with Crippen LogP contribution in [0.15, 0.2) is 77.7 Å². The zero-order valence-electron chi connectivity index (χ0n) is 22.1. The van der Waals surface area contributed by atoms with Crippen molar-refractivity contribution in [2.45, 2.75) is 95.8 Å². The number of hydrogen-bond donors (Lipinski definition) is 1. The molecule has 3 rings (SSSR count). The number of unbranched alkanes of at least 4 members (excludes halogenated alkanes) is 2. The second-order valence-electron chi connectivity index (χ2n) is 10.9. The first-order chi connectivity index (χ1) is 16.2. The lowest BCUT2D eigenvalue weighted by Crippen LogP contribution is -2.18. The minimum atomic E-state index is 0.193. The highest BCUT2D eigenvalue weighted by atomic mass is 32.1. The lowest BCUT2D eigenvalue weighted by Gasteiger charge is -2.30. The third-order valence-corrected chi connectivity index (χ3v) is 7.53. The molecular weight excluding hydrogens is 430 g/mol. The second kappa shape index (κ2) is 11.5. The highest BCUT2D eigenvalue weighted by Crippen LogP contribution is 2.38. The maximum absolute atomic E-state index is 4.50. The van der Waals surface area contributed by atoms with Crippen molar-refractivity contribution in [2.75, 3.05) is 4.90 Å². The largest absolute Gasteiger partial charge is 0.311 e. The number of thiol groups is 1. The average Bonchev–Trinajstić information content (AvgIpc) is 2.83. The molecule has 0 aliphatic rings. The van der Waals surface area contributed by atoms with E-state index >= 15 is 0 Å². The summed E-state index contributed by atoms with van der Waals surface area (Å²) in [4.78, 5) is 3.32. The molecule has 0 saturated heterocycles. The van der Waals surface area contributed by atoms with Crippen LogP contribution in [0.25, 0.3) is 0 Å². The molecule has 0 N–H and O–H groups in total. The molecule has 34 heavy (non-hydrogen) atoms. The summed E-state index contributed by atoms with van der Waals surface area (Å²) in [7, 11) is 0. The van der Waals surface area contributed by atoms with E-state index in [9.17, 15) is 0 Å². The van der Waals surface area contributed by atoms with Crippen molar-refractivity contribution >= 4 is 29.7 Å². The number of hydrogen-bond acceptors (Lipinski definition) is 2. The fourth-order valence-electron chi connectivity index (χ4n) is 4.70. The number of nitrogens with zero attached hydrogens (tertiary/aromatic N) is 1. The van der Waals surface area contributed by atoms with Crippen molar-refractivity contribution in [2.24, 2.45) is 0 Å². The molecule has 2 heteroatoms. The number of benzene rings is 3. The molecule has 0 bridgehead atoms. The third kappa shape index (κ3) is 6.48. The first-order valence-corrected chi connectivity index (χ1v) is 13.4. The highest BCUT2D eigenvalue weighted by molar-refractivity contribution is 7.80. The quantitative estimate of drug-likeness (QED) is 0.271. The normalized spacial score (nSPS) is 12.1. The van der Waals surface area contributed by atoms with Gasteiger partial charge in [0.25, 0.3) is 0 Å². The van der Waals surface area contributed by atoms with Crippen LogP contribution in [-0.4, -0.2) is 0 Å². The van der Waals surface area contributed by atoms with Gasteiger partial charge in [0, 0.05) is 22.0 Å². The van der Waals surface area contributed by atoms with Crippen LogP contribution in [0.5, 0.6) is 0 Å². The fraction of sp³-hybridized carbons (Fsp3) is 0.438. The van der Waals surface area contributed by atoms with Crippen molar-refractivity contribution < 1.29 is 0 Å². The summed E-state index contributed by atoms with van der Waals surface area (Å²) in [6.45, 7) is 14.0. The highest BCUT2D eigenvalue weighted by Gasteiger charge is 2.22. The van der Waals surface area contributed by atoms with Gasteiger partial charge in [-0.15, -0.1) is 12.6 Å². The summed E-state index contributed by atoms with van der Waals surface area (Å²) in [6, 6.07) is 26.8. The van der Waals surface area contributed by atoms with E-state index in [1.807, 2.05) is 0 Å². The van der Waals surface area contributed by atoms with Crippen molar-refractivity contribution in [3.63, 3.8) is 0 Å². The molecule has 1 nitrogen and oxygen atoms in total. The fourth-order valence-corrected chi connectivity index (χ4v) is 4.85. The molecule has 0 atom stereocenters. The Bertz CT molecular complexity index is 951. The summed E-state index contributed by atoms with van der Waals surface area (Å²) in [6.07, 6.45) is 7.43. The average molecular weight is 474 g/mol. The van der Waals surface area contributed by atoms with Gasteiger partial charge in [-0.05, 0) is 83.3 Å². The summed E-state index contributed by atoms with van der Waals surface area (Å²) in [5.74, 6) is 0. The zero-order chi connectivity index (χ0) is 24.8. The Balaban J connectivity index is 1.96. The van der Waals surface area contributed by atoms with E-state index in [-0.39, 0.29) is 10.8 Å². The molecule has 0 aromatic heterocycles. The lowest BCUT2D eigenvalue weighted by atomic mass is 9.80. The maximum Gasteiger partial charge on any atom is 0.0462 e. The SMILES string of the molecule is CCCCC(C)(C)c1ccc(N(c2ccc(S)cc2)c2ccc(C(C)(C)CCCC)cc2)cc1. The van der Waals surface area contributed by atoms with Crippen LogP contribution < -0.4 is 4.90 Å². The molecule has 0 spiro atoms. The Morgan fingerprint density at radius 2 is 0.882 bits per heavy atom. The lowest BCUT2D eigenvalue weighted by molar-refractivity contribution is 0.458. The first-order valence-electron chi connectivity index (χ1n) is 13.0. The van der Waals surface area contributed by atoms with Crippen LogP contribution in [0.2, 0.25) is 0 Å². The Morgan fingerprint density at radius 3 is 1.21 bits per heavy atom. The molecule has 3 aromatic carbocycles. The van der Waals surface area contributed by atoms with Crippen LogP contribution in [0, 0.1) is 0 Å². The van der Waals surface area contributed by atoms with E-state index in [1.54, 1.807) is 0 Å². The molecule has 182 valence electrons. The summed E-state index contributed by atoms with van der Waals surface area (Å²) >= 11 is 4.50. The van der Waals surface area contributed by atoms with Gasteiger partial charge in [-0.1, -0.05) is 91.5 Å². The van der Waals surface area contributed by atoms with E-state index in [4.69, 9.17) is 0 Å². The van der Waals surface area contributed by atoms with Gasteiger partial charge in [0.2, 0.25) is 0 Å². The minimum Gasteiger partial charge on any atom is -0.311 e. The van der Waals surface area contributed by atoms with Crippen molar-refractivity contribution in [1.29, 1.82) is 0 Å². The smallest absolute Gasteiger partial charge is 0.0462 e. The van der Waals surface area contributed by atoms with Crippen LogP contribution in [0.4, 0.5) is 17.1 Å². The molecule has 0 radical (unpaired) electrons. The number of anilines is 3. The Morgan fingerprint density at radius 1 is 0.559 bits per heavy atom. The van der Waals surface area contributed by atoms with Crippen molar-refractivity contribution in [1.82, 2.24) is 0 Å². The molecule has 0 fully saturated rings. The van der Waals surface area contributed by atoms with Gasteiger partial charge in [0.1, 0.15) is 0 Å². The Labute approximate surface area is 214 Å². The third-order valence-electron chi connectivity index (χ3n) is 7.23. The van der Waals surface area contributed by atoms with E-state index < -0.39 is 0 Å². The maximum atomic E-state index is 4.50. The molecule has 0 unspecified atom stereocenters. The summed E-state index contributed by atoms with van der Waals surface area (Å²) < 4.78 is 0. The molecule has 0 aliphatic heterocycles. The van der Waals surface area contributed by atoms with E-state index in [0.29, 0.717) is 0 Å². The van der Waals surface area contributed by atoms with Crippen LogP contribution in [0.3, 0.4) is 0 Å². The number of rotatable bonds is 11. The molecule has 3 aromatic rings.